The number of fused-ring (bicyclic) bond motifs is 12. The van der Waals surface area contributed by atoms with Gasteiger partial charge in [-0.25, -0.2) is 0 Å². The summed E-state index contributed by atoms with van der Waals surface area (Å²) in [7, 11) is 8.63. The molecule has 2 aliphatic heterocycles. The molecule has 0 N–H and O–H groups in total. The van der Waals surface area contributed by atoms with E-state index in [9.17, 15) is 0 Å². The highest BCUT2D eigenvalue weighted by Gasteiger charge is 2.24. The van der Waals surface area contributed by atoms with Crippen molar-refractivity contribution in [1.29, 1.82) is 0 Å². The van der Waals surface area contributed by atoms with Gasteiger partial charge in [0, 0.05) is 91.3 Å². The molecule has 62 heavy (non-hydrogen) atoms. The minimum Gasteiger partial charge on any atom is -0.370 e. The van der Waals surface area contributed by atoms with E-state index in [0.717, 1.165) is 38.6 Å². The summed E-state index contributed by atoms with van der Waals surface area (Å²) >= 11 is 0. The third kappa shape index (κ3) is 7.20. The van der Waals surface area contributed by atoms with Crippen LogP contribution >= 0.6 is 0 Å². The number of anilines is 3. The van der Waals surface area contributed by atoms with Gasteiger partial charge in [-0.15, -0.1) is 0 Å². The van der Waals surface area contributed by atoms with Crippen LogP contribution in [0.3, 0.4) is 0 Å². The Morgan fingerprint density at radius 2 is 0.903 bits per heavy atom. The Bertz CT molecular complexity index is 3060. The number of hydrogen-bond donors (Lipinski definition) is 0. The van der Waals surface area contributed by atoms with Gasteiger partial charge in [-0.1, -0.05) is 146 Å². The highest BCUT2D eigenvalue weighted by atomic mass is 15.1. The van der Waals surface area contributed by atoms with E-state index in [-0.39, 0.29) is 0 Å². The number of nitrogens with zero attached hydrogens (tertiary/aromatic N) is 4. The molecule has 0 spiro atoms. The second-order valence-corrected chi connectivity index (χ2v) is 17.0. The van der Waals surface area contributed by atoms with Gasteiger partial charge in [0.15, 0.2) is 0 Å². The van der Waals surface area contributed by atoms with Crippen molar-refractivity contribution in [3.8, 4) is 11.3 Å². The molecule has 2 aliphatic carbocycles. The van der Waals surface area contributed by atoms with Gasteiger partial charge < -0.3 is 18.9 Å². The normalized spacial score (nSPS) is 13.6. The molecule has 0 radical (unpaired) electrons. The number of hydrogen-bond acceptors (Lipinski definition) is 2. The molecular weight excluding hydrogens is 753 g/mol. The zero-order chi connectivity index (χ0) is 42.2. The molecule has 0 amide bonds. The first-order valence-electron chi connectivity index (χ1n) is 22.1. The van der Waals surface area contributed by atoms with Gasteiger partial charge in [-0.05, 0) is 107 Å². The van der Waals surface area contributed by atoms with Crippen molar-refractivity contribution in [3.63, 3.8) is 0 Å². The fraction of sp³-hybridized carbons (Fsp3) is 0.172. The molecule has 0 bridgehead atoms. The first-order valence-corrected chi connectivity index (χ1v) is 22.1. The fourth-order valence-corrected chi connectivity index (χ4v) is 10.3. The third-order valence-electron chi connectivity index (χ3n) is 13.4. The summed E-state index contributed by atoms with van der Waals surface area (Å²) in [6, 6.07) is 60.8. The maximum Gasteiger partial charge on any atom is 0.0527 e. The topological polar surface area (TPSA) is 16.3 Å². The molecule has 0 saturated carbocycles. The molecule has 4 aliphatic rings. The number of benzene rings is 7. The molecule has 13 rings (SSSR count). The van der Waals surface area contributed by atoms with E-state index in [1.807, 2.05) is 0 Å². The number of aryl methyl sites for hydroxylation is 4. The Labute approximate surface area is 366 Å². The standard InChI is InChI=1S/C16H13N.2C15H15N.C12H11N/c1-17-15-9-5-4-8-13(15)14-10-11-6-2-3-7-12(11)16(14)17;1-16-14-8-4-2-6-12(14)10-11-13-7-3-5-9-15(13)16;1-16-11-14-8-3-2-6-12(14)10-13-7-4-5-9-15(13)16;1-13-11-7-3-2-5-9(11)10-6-4-8-12(10)13/h2-9H,10H2,1H3;2*2-9H,10-11H2,1H3;2-5,7-8H,6H2,1H3. The zero-order valence-corrected chi connectivity index (χ0v) is 36.4. The van der Waals surface area contributed by atoms with Crippen LogP contribution in [0.2, 0.25) is 0 Å². The van der Waals surface area contributed by atoms with E-state index in [1.165, 1.54) is 100 Å². The van der Waals surface area contributed by atoms with E-state index in [0.29, 0.717) is 0 Å². The Balaban J connectivity index is 0.0000000990. The largest absolute Gasteiger partial charge is 0.370 e. The lowest BCUT2D eigenvalue weighted by molar-refractivity contribution is 0.926. The molecule has 0 atom stereocenters. The van der Waals surface area contributed by atoms with Crippen molar-refractivity contribution < 1.29 is 0 Å². The molecule has 0 saturated heterocycles. The van der Waals surface area contributed by atoms with Crippen LogP contribution in [0, 0.1) is 0 Å². The van der Waals surface area contributed by atoms with E-state index in [2.05, 4.69) is 229 Å². The smallest absolute Gasteiger partial charge is 0.0527 e. The molecule has 7 aromatic carbocycles. The lowest BCUT2D eigenvalue weighted by Crippen LogP contribution is -2.16. The molecule has 0 fully saturated rings. The number of para-hydroxylation sites is 5. The van der Waals surface area contributed by atoms with Gasteiger partial charge >= 0.3 is 0 Å². The molecule has 9 aromatic rings. The molecule has 4 heterocycles. The maximum absolute atomic E-state index is 2.33. The van der Waals surface area contributed by atoms with Crippen LogP contribution in [0.15, 0.2) is 176 Å². The predicted octanol–water partition coefficient (Wildman–Crippen LogP) is 13.3. The lowest BCUT2D eigenvalue weighted by atomic mass is 10.0. The van der Waals surface area contributed by atoms with Crippen molar-refractivity contribution in [1.82, 2.24) is 9.13 Å². The van der Waals surface area contributed by atoms with Crippen molar-refractivity contribution in [2.24, 2.45) is 14.1 Å². The molecule has 4 nitrogen and oxygen atoms in total. The van der Waals surface area contributed by atoms with Crippen LogP contribution in [0.1, 0.15) is 50.2 Å². The van der Waals surface area contributed by atoms with E-state index < -0.39 is 0 Å². The van der Waals surface area contributed by atoms with Crippen LogP contribution in [0.25, 0.3) is 39.1 Å². The first kappa shape index (κ1) is 39.1. The highest BCUT2D eigenvalue weighted by Crippen LogP contribution is 2.42. The summed E-state index contributed by atoms with van der Waals surface area (Å²) in [6.07, 6.45) is 9.95. The lowest BCUT2D eigenvalue weighted by Gasteiger charge is -2.21. The van der Waals surface area contributed by atoms with Crippen molar-refractivity contribution in [3.05, 3.63) is 226 Å². The predicted molar refractivity (Wildman–Crippen MR) is 263 cm³/mol. The van der Waals surface area contributed by atoms with Crippen LogP contribution in [0.5, 0.6) is 0 Å². The minimum atomic E-state index is 1.01. The number of aromatic nitrogens is 2. The Kier molecular flexibility index (Phi) is 10.6. The average molecular weight is 807 g/mol. The summed E-state index contributed by atoms with van der Waals surface area (Å²) in [5, 5.41) is 2.81. The van der Waals surface area contributed by atoms with Gasteiger partial charge in [0.05, 0.1) is 5.69 Å². The summed E-state index contributed by atoms with van der Waals surface area (Å²) in [4.78, 5) is 4.64. The summed E-state index contributed by atoms with van der Waals surface area (Å²) in [5.41, 5.74) is 22.6. The summed E-state index contributed by atoms with van der Waals surface area (Å²) in [5.74, 6) is 0. The molecular formula is C58H54N4. The number of rotatable bonds is 0. The SMILES string of the molecule is CN1Cc2ccccc2Cc2ccccc21.CN1c2ccccc2CCc2ccccc21.Cn1c2c(c3ccccc31)CC=C2.Cn1c2c(c3ccccc31)Cc1ccccc1-2. The average Bonchev–Trinajstić information content (AvgIpc) is 4.05. The Morgan fingerprint density at radius 1 is 0.403 bits per heavy atom. The third-order valence-corrected chi connectivity index (χ3v) is 13.4. The first-order chi connectivity index (χ1) is 30.4. The van der Waals surface area contributed by atoms with Crippen LogP contribution in [-0.4, -0.2) is 23.2 Å². The van der Waals surface area contributed by atoms with Crippen LogP contribution in [-0.2, 0) is 52.7 Å². The minimum absolute atomic E-state index is 1.01. The second-order valence-electron chi connectivity index (χ2n) is 17.0. The summed E-state index contributed by atoms with van der Waals surface area (Å²) in [6.45, 7) is 1.01. The van der Waals surface area contributed by atoms with Gasteiger partial charge in [-0.3, -0.25) is 0 Å². The van der Waals surface area contributed by atoms with Gasteiger partial charge in [-0.2, -0.15) is 0 Å². The summed E-state index contributed by atoms with van der Waals surface area (Å²) < 4.78 is 4.60. The molecule has 4 heteroatoms. The maximum atomic E-state index is 2.33. The molecule has 2 aromatic heterocycles. The van der Waals surface area contributed by atoms with Gasteiger partial charge in [0.1, 0.15) is 0 Å². The van der Waals surface area contributed by atoms with Crippen LogP contribution < -0.4 is 9.80 Å². The quantitative estimate of drug-likeness (QED) is 0.152. The second kappa shape index (κ2) is 16.8. The highest BCUT2D eigenvalue weighted by molar-refractivity contribution is 5.95. The zero-order valence-electron chi connectivity index (χ0n) is 36.4. The van der Waals surface area contributed by atoms with Crippen molar-refractivity contribution >= 4 is 44.9 Å². The van der Waals surface area contributed by atoms with Gasteiger partial charge in [0.2, 0.25) is 0 Å². The number of allylic oxidation sites excluding steroid dienone is 1. The molecule has 0 unspecified atom stereocenters. The van der Waals surface area contributed by atoms with Crippen LogP contribution in [0.4, 0.5) is 17.1 Å². The van der Waals surface area contributed by atoms with Crippen molar-refractivity contribution in [2.75, 3.05) is 23.9 Å². The van der Waals surface area contributed by atoms with E-state index in [4.69, 9.17) is 0 Å². The van der Waals surface area contributed by atoms with Crippen molar-refractivity contribution in [2.45, 2.75) is 38.6 Å². The van der Waals surface area contributed by atoms with E-state index >= 15 is 0 Å². The van der Waals surface area contributed by atoms with E-state index in [1.54, 1.807) is 0 Å². The monoisotopic (exact) mass is 806 g/mol. The Morgan fingerprint density at radius 3 is 1.58 bits per heavy atom. The fourth-order valence-electron chi connectivity index (χ4n) is 10.3. The molecule has 306 valence electrons. The Hall–Kier alpha value is -7.04. The van der Waals surface area contributed by atoms with Gasteiger partial charge in [0.25, 0.3) is 0 Å².